The van der Waals surface area contributed by atoms with Crippen LogP contribution in [0.15, 0.2) is 73.1 Å². The Hall–Kier alpha value is -4.04. The number of carbonyl (C=O) groups is 2. The monoisotopic (exact) mass is 557 g/mol. The molecule has 4 rings (SSSR count). The smallest absolute Gasteiger partial charge is 0.326 e. The third kappa shape index (κ3) is 7.54. The Labute approximate surface area is 239 Å². The fourth-order valence-corrected chi connectivity index (χ4v) is 4.99. The van der Waals surface area contributed by atoms with Crippen LogP contribution in [0.3, 0.4) is 0 Å². The van der Waals surface area contributed by atoms with Crippen LogP contribution in [0.5, 0.6) is 5.75 Å². The first-order valence-electron chi connectivity index (χ1n) is 13.4. The van der Waals surface area contributed by atoms with Gasteiger partial charge in [-0.15, -0.1) is 11.3 Å². The van der Waals surface area contributed by atoms with Gasteiger partial charge in [0.15, 0.2) is 5.82 Å². The molecule has 0 spiro atoms. The molecule has 0 aliphatic carbocycles. The minimum absolute atomic E-state index is 0.0736. The summed E-state index contributed by atoms with van der Waals surface area (Å²) in [5, 5.41) is 12.4. The number of carboxylic acids is 1. The van der Waals surface area contributed by atoms with Gasteiger partial charge >= 0.3 is 5.97 Å². The van der Waals surface area contributed by atoms with Gasteiger partial charge < -0.3 is 15.2 Å². The molecule has 1 amide bonds. The number of unbranched alkanes of at least 4 members (excludes halogenated alkanes) is 1. The Kier molecular flexibility index (Phi) is 9.32. The lowest BCUT2D eigenvalue weighted by Gasteiger charge is -2.16. The maximum absolute atomic E-state index is 12.7. The first kappa shape index (κ1) is 29.0. The predicted octanol–water partition coefficient (Wildman–Crippen LogP) is 6.77. The standard InChI is InChI=1S/C32H35N3O4S/c1-5-6-17-39-25-13-11-22(12-14-25)24-19-33-29(34-20-24)23-9-7-21(8-10-23)18-26(31(37)38)35-30(36)27-15-16-28(40-27)32(2,3)4/h7-16,19-20,26H,5-6,17-18H2,1-4H3,(H,35,36)(H,37,38)/t26-/m0/s1. The van der Waals surface area contributed by atoms with Gasteiger partial charge in [-0.1, -0.05) is 70.5 Å². The molecule has 0 radical (unpaired) electrons. The fraction of sp³-hybridized carbons (Fsp3) is 0.312. The molecule has 0 saturated carbocycles. The summed E-state index contributed by atoms with van der Waals surface area (Å²) >= 11 is 1.39. The van der Waals surface area contributed by atoms with E-state index in [9.17, 15) is 14.7 Å². The Morgan fingerprint density at radius 2 is 1.57 bits per heavy atom. The molecule has 2 N–H and O–H groups in total. The predicted molar refractivity (Wildman–Crippen MR) is 159 cm³/mol. The fourth-order valence-electron chi connectivity index (χ4n) is 4.02. The molecule has 0 saturated heterocycles. The Bertz CT molecular complexity index is 1420. The van der Waals surface area contributed by atoms with Crippen molar-refractivity contribution in [2.75, 3.05) is 6.61 Å². The van der Waals surface area contributed by atoms with Crippen molar-refractivity contribution in [3.05, 3.63) is 88.4 Å². The average molecular weight is 558 g/mol. The van der Waals surface area contributed by atoms with Crippen molar-refractivity contribution >= 4 is 23.2 Å². The highest BCUT2D eigenvalue weighted by atomic mass is 32.1. The molecular weight excluding hydrogens is 522 g/mol. The molecule has 2 aromatic heterocycles. The van der Waals surface area contributed by atoms with E-state index in [2.05, 4.69) is 43.0 Å². The summed E-state index contributed by atoms with van der Waals surface area (Å²) in [7, 11) is 0. The quantitative estimate of drug-likeness (QED) is 0.197. The highest BCUT2D eigenvalue weighted by molar-refractivity contribution is 7.14. The molecule has 40 heavy (non-hydrogen) atoms. The van der Waals surface area contributed by atoms with E-state index in [4.69, 9.17) is 4.74 Å². The Morgan fingerprint density at radius 3 is 2.15 bits per heavy atom. The number of nitrogens with one attached hydrogen (secondary N) is 1. The average Bonchev–Trinajstić information content (AvgIpc) is 3.45. The number of amides is 1. The van der Waals surface area contributed by atoms with Gasteiger partial charge in [0.2, 0.25) is 0 Å². The second-order valence-electron chi connectivity index (χ2n) is 10.7. The second kappa shape index (κ2) is 12.9. The summed E-state index contributed by atoms with van der Waals surface area (Å²) in [5.41, 5.74) is 3.44. The zero-order valence-corrected chi connectivity index (χ0v) is 24.1. The molecule has 7 nitrogen and oxygen atoms in total. The minimum Gasteiger partial charge on any atom is -0.494 e. The van der Waals surface area contributed by atoms with E-state index in [0.717, 1.165) is 45.7 Å². The van der Waals surface area contributed by atoms with Crippen LogP contribution in [0.1, 0.15) is 60.6 Å². The van der Waals surface area contributed by atoms with Crippen molar-refractivity contribution in [1.29, 1.82) is 0 Å². The van der Waals surface area contributed by atoms with Crippen molar-refractivity contribution < 1.29 is 19.4 Å². The van der Waals surface area contributed by atoms with Crippen LogP contribution in [0.2, 0.25) is 0 Å². The number of carbonyl (C=O) groups excluding carboxylic acids is 1. The van der Waals surface area contributed by atoms with E-state index in [1.54, 1.807) is 18.5 Å². The zero-order valence-electron chi connectivity index (χ0n) is 23.3. The SMILES string of the molecule is CCCCOc1ccc(-c2cnc(-c3ccc(C[C@H](NC(=O)c4ccc(C(C)(C)C)s4)C(=O)O)cc3)nc2)cc1. The summed E-state index contributed by atoms with van der Waals surface area (Å²) in [4.78, 5) is 35.3. The molecule has 0 aliphatic rings. The molecule has 2 heterocycles. The number of carboxylic acid groups (broad SMARTS) is 1. The Balaban J connectivity index is 1.38. The van der Waals surface area contributed by atoms with Crippen LogP contribution in [0.4, 0.5) is 0 Å². The normalized spacial score (nSPS) is 12.1. The lowest BCUT2D eigenvalue weighted by atomic mass is 9.95. The number of nitrogens with zero attached hydrogens (tertiary/aromatic N) is 2. The van der Waals surface area contributed by atoms with Gasteiger partial charge in [0.05, 0.1) is 11.5 Å². The van der Waals surface area contributed by atoms with Crippen LogP contribution in [-0.2, 0) is 16.6 Å². The van der Waals surface area contributed by atoms with E-state index in [-0.39, 0.29) is 17.7 Å². The summed E-state index contributed by atoms with van der Waals surface area (Å²) in [5.74, 6) is -0.0350. The molecule has 0 aliphatic heterocycles. The maximum Gasteiger partial charge on any atom is 0.326 e. The van der Waals surface area contributed by atoms with Gasteiger partial charge in [0, 0.05) is 34.8 Å². The number of benzene rings is 2. The number of hydrogen-bond donors (Lipinski definition) is 2. The molecule has 4 aromatic rings. The number of ether oxygens (including phenoxy) is 1. The summed E-state index contributed by atoms with van der Waals surface area (Å²) in [6.07, 6.45) is 5.86. The van der Waals surface area contributed by atoms with Crippen molar-refractivity contribution in [2.24, 2.45) is 0 Å². The first-order valence-corrected chi connectivity index (χ1v) is 14.2. The number of hydrogen-bond acceptors (Lipinski definition) is 6. The van der Waals surface area contributed by atoms with Crippen LogP contribution >= 0.6 is 11.3 Å². The van der Waals surface area contributed by atoms with Crippen molar-refractivity contribution in [2.45, 2.75) is 58.4 Å². The molecule has 2 aromatic carbocycles. The third-order valence-electron chi connectivity index (χ3n) is 6.43. The number of thiophene rings is 1. The van der Waals surface area contributed by atoms with E-state index in [1.807, 2.05) is 54.6 Å². The van der Waals surface area contributed by atoms with Crippen molar-refractivity contribution in [3.63, 3.8) is 0 Å². The molecule has 0 unspecified atom stereocenters. The van der Waals surface area contributed by atoms with Gasteiger partial charge in [0.1, 0.15) is 11.8 Å². The molecule has 1 atom stereocenters. The molecule has 0 fully saturated rings. The highest BCUT2D eigenvalue weighted by Crippen LogP contribution is 2.29. The van der Waals surface area contributed by atoms with Crippen LogP contribution in [0, 0.1) is 0 Å². The first-order chi connectivity index (χ1) is 19.1. The molecule has 208 valence electrons. The van der Waals surface area contributed by atoms with Gasteiger partial charge in [-0.25, -0.2) is 14.8 Å². The van der Waals surface area contributed by atoms with Crippen molar-refractivity contribution in [3.8, 4) is 28.3 Å². The number of rotatable bonds is 11. The lowest BCUT2D eigenvalue weighted by molar-refractivity contribution is -0.139. The van der Waals surface area contributed by atoms with Crippen molar-refractivity contribution in [1.82, 2.24) is 15.3 Å². The van der Waals surface area contributed by atoms with E-state index < -0.39 is 12.0 Å². The van der Waals surface area contributed by atoms with Gasteiger partial charge in [-0.05, 0) is 47.2 Å². The van der Waals surface area contributed by atoms with Gasteiger partial charge in [-0.2, -0.15) is 0 Å². The summed E-state index contributed by atoms with van der Waals surface area (Å²) in [6.45, 7) is 9.08. The van der Waals surface area contributed by atoms with E-state index in [0.29, 0.717) is 17.3 Å². The van der Waals surface area contributed by atoms with Gasteiger partial charge in [-0.3, -0.25) is 4.79 Å². The highest BCUT2D eigenvalue weighted by Gasteiger charge is 2.24. The minimum atomic E-state index is -1.08. The van der Waals surface area contributed by atoms with Crippen LogP contribution in [0.25, 0.3) is 22.5 Å². The number of aromatic nitrogens is 2. The maximum atomic E-state index is 12.7. The third-order valence-corrected chi connectivity index (χ3v) is 7.94. The molecule has 8 heteroatoms. The van der Waals surface area contributed by atoms with E-state index >= 15 is 0 Å². The van der Waals surface area contributed by atoms with Gasteiger partial charge in [0.25, 0.3) is 5.91 Å². The topological polar surface area (TPSA) is 101 Å². The number of aliphatic carboxylic acids is 1. The van der Waals surface area contributed by atoms with Crippen LogP contribution in [-0.4, -0.2) is 39.6 Å². The largest absolute Gasteiger partial charge is 0.494 e. The van der Waals surface area contributed by atoms with Crippen LogP contribution < -0.4 is 10.1 Å². The lowest BCUT2D eigenvalue weighted by Crippen LogP contribution is -2.42. The summed E-state index contributed by atoms with van der Waals surface area (Å²) in [6, 6.07) is 17.9. The van der Waals surface area contributed by atoms with E-state index in [1.165, 1.54) is 11.3 Å². The Morgan fingerprint density at radius 1 is 0.925 bits per heavy atom. The second-order valence-corrected chi connectivity index (χ2v) is 11.8. The summed E-state index contributed by atoms with van der Waals surface area (Å²) < 4.78 is 5.73. The molecule has 0 bridgehead atoms. The zero-order chi connectivity index (χ0) is 28.7. The molecular formula is C32H35N3O4S.